The minimum atomic E-state index is -0.567. The summed E-state index contributed by atoms with van der Waals surface area (Å²) in [5, 5.41) is 7.45. The lowest BCUT2D eigenvalue weighted by molar-refractivity contribution is -0.137. The Bertz CT molecular complexity index is 849. The summed E-state index contributed by atoms with van der Waals surface area (Å²) >= 11 is 0. The summed E-state index contributed by atoms with van der Waals surface area (Å²) in [6, 6.07) is 9.62. The van der Waals surface area contributed by atoms with Gasteiger partial charge in [-0.2, -0.15) is 0 Å². The van der Waals surface area contributed by atoms with Crippen molar-refractivity contribution in [3.05, 3.63) is 36.0 Å². The number of hydrogen-bond donors (Lipinski definition) is 3. The third-order valence-electron chi connectivity index (χ3n) is 6.07. The van der Waals surface area contributed by atoms with Gasteiger partial charge in [-0.05, 0) is 23.5 Å². The van der Waals surface area contributed by atoms with Crippen molar-refractivity contribution < 1.29 is 9.59 Å². The molecular weight excluding hydrogens is 340 g/mol. The van der Waals surface area contributed by atoms with Crippen LogP contribution in [0.15, 0.2) is 30.3 Å². The van der Waals surface area contributed by atoms with Crippen LogP contribution in [-0.2, 0) is 4.79 Å². The zero-order chi connectivity index (χ0) is 19.3. The van der Waals surface area contributed by atoms with Crippen molar-refractivity contribution in [1.29, 1.82) is 0 Å². The lowest BCUT2D eigenvalue weighted by atomic mass is 9.85. The van der Waals surface area contributed by atoms with Crippen LogP contribution in [0.25, 0.3) is 10.9 Å². The summed E-state index contributed by atoms with van der Waals surface area (Å²) in [4.78, 5) is 31.3. The number of rotatable bonds is 3. The van der Waals surface area contributed by atoms with Gasteiger partial charge in [0, 0.05) is 36.1 Å². The second kappa shape index (κ2) is 6.37. The molecular formula is C21H28N4O2. The number of carbonyl (C=O) groups is 2. The molecule has 6 nitrogen and oxygen atoms in total. The number of aromatic nitrogens is 1. The fourth-order valence-corrected chi connectivity index (χ4v) is 4.36. The van der Waals surface area contributed by atoms with Gasteiger partial charge in [0.25, 0.3) is 5.91 Å². The number of fused-ring (bicyclic) bond motifs is 3. The molecule has 27 heavy (non-hydrogen) atoms. The molecule has 2 aliphatic heterocycles. The van der Waals surface area contributed by atoms with Crippen LogP contribution >= 0.6 is 0 Å². The fraction of sp³-hybridized carbons (Fsp3) is 0.524. The van der Waals surface area contributed by atoms with Crippen LogP contribution in [0.1, 0.15) is 38.2 Å². The topological polar surface area (TPSA) is 77.2 Å². The van der Waals surface area contributed by atoms with E-state index < -0.39 is 6.04 Å². The van der Waals surface area contributed by atoms with E-state index in [1.807, 2.05) is 56.0 Å². The largest absolute Gasteiger partial charge is 0.351 e. The van der Waals surface area contributed by atoms with Crippen LogP contribution in [0.5, 0.6) is 0 Å². The van der Waals surface area contributed by atoms with Crippen molar-refractivity contribution in [2.45, 2.75) is 45.8 Å². The van der Waals surface area contributed by atoms with E-state index in [2.05, 4.69) is 22.5 Å². The predicted octanol–water partition coefficient (Wildman–Crippen LogP) is 2.13. The molecule has 2 aliphatic rings. The highest BCUT2D eigenvalue weighted by molar-refractivity contribution is 6.00. The van der Waals surface area contributed by atoms with Gasteiger partial charge in [-0.25, -0.2) is 0 Å². The second-order valence-corrected chi connectivity index (χ2v) is 8.97. The van der Waals surface area contributed by atoms with E-state index in [1.54, 1.807) is 0 Å². The molecule has 2 bridgehead atoms. The Morgan fingerprint density at radius 3 is 2.59 bits per heavy atom. The molecule has 2 fully saturated rings. The average molecular weight is 368 g/mol. The van der Waals surface area contributed by atoms with Gasteiger partial charge in [-0.15, -0.1) is 0 Å². The first kappa shape index (κ1) is 18.0. The monoisotopic (exact) mass is 368 g/mol. The third-order valence-corrected chi connectivity index (χ3v) is 6.07. The van der Waals surface area contributed by atoms with Crippen LogP contribution in [0.2, 0.25) is 0 Å². The third kappa shape index (κ3) is 3.12. The Labute approximate surface area is 159 Å². The van der Waals surface area contributed by atoms with Crippen molar-refractivity contribution in [3.8, 4) is 0 Å². The Morgan fingerprint density at radius 1 is 1.26 bits per heavy atom. The number of para-hydroxylation sites is 1. The van der Waals surface area contributed by atoms with E-state index >= 15 is 0 Å². The Hall–Kier alpha value is -2.34. The van der Waals surface area contributed by atoms with Gasteiger partial charge < -0.3 is 20.5 Å². The summed E-state index contributed by atoms with van der Waals surface area (Å²) in [6.07, 6.45) is 0. The smallest absolute Gasteiger partial charge is 0.268 e. The maximum Gasteiger partial charge on any atom is 0.268 e. The molecule has 6 heteroatoms. The number of nitrogens with one attached hydrogen (secondary N) is 3. The van der Waals surface area contributed by atoms with Gasteiger partial charge in [-0.1, -0.05) is 45.9 Å². The maximum absolute atomic E-state index is 13.3. The maximum atomic E-state index is 13.3. The molecule has 3 heterocycles. The summed E-state index contributed by atoms with van der Waals surface area (Å²) in [7, 11) is 0. The van der Waals surface area contributed by atoms with E-state index in [4.69, 9.17) is 0 Å². The Kier molecular flexibility index (Phi) is 4.26. The van der Waals surface area contributed by atoms with E-state index in [9.17, 15) is 9.59 Å². The summed E-state index contributed by atoms with van der Waals surface area (Å²) in [5.41, 5.74) is 1.02. The van der Waals surface area contributed by atoms with Crippen molar-refractivity contribution >= 4 is 22.7 Å². The van der Waals surface area contributed by atoms with Crippen LogP contribution in [-0.4, -0.2) is 52.9 Å². The zero-order valence-corrected chi connectivity index (χ0v) is 16.4. The van der Waals surface area contributed by atoms with Crippen LogP contribution in [0.4, 0.5) is 0 Å². The molecule has 2 aromatic rings. The van der Waals surface area contributed by atoms with Crippen molar-refractivity contribution in [2.24, 2.45) is 11.3 Å². The number of likely N-dealkylation sites (tertiary alicyclic amines) is 1. The number of H-pyrrole nitrogens is 1. The van der Waals surface area contributed by atoms with Gasteiger partial charge in [0.2, 0.25) is 5.91 Å². The standard InChI is InChI=1S/C21H28N4O2/c1-12-16-11-25(17(12)10-22-16)20(27)18(21(2,3)4)24-19(26)15-9-13-7-5-6-8-14(13)23-15/h5-9,12,16-18,22-23H,10-11H2,1-4H3,(H,24,26)/t12-,16+,17+,18+/m0/s1. The van der Waals surface area contributed by atoms with Gasteiger partial charge in [0.05, 0.1) is 0 Å². The van der Waals surface area contributed by atoms with Crippen LogP contribution < -0.4 is 10.6 Å². The van der Waals surface area contributed by atoms with Crippen molar-refractivity contribution in [2.75, 3.05) is 13.1 Å². The summed E-state index contributed by atoms with van der Waals surface area (Å²) in [6.45, 7) is 9.74. The summed E-state index contributed by atoms with van der Waals surface area (Å²) in [5.74, 6) is 0.238. The first-order valence-electron chi connectivity index (χ1n) is 9.68. The number of amides is 2. The number of hydrogen-bond acceptors (Lipinski definition) is 3. The molecule has 0 unspecified atom stereocenters. The minimum Gasteiger partial charge on any atom is -0.351 e. The van der Waals surface area contributed by atoms with Gasteiger partial charge in [0.1, 0.15) is 11.7 Å². The lowest BCUT2D eigenvalue weighted by Crippen LogP contribution is -2.58. The summed E-state index contributed by atoms with van der Waals surface area (Å²) < 4.78 is 0. The number of nitrogens with zero attached hydrogens (tertiary/aromatic N) is 1. The van der Waals surface area contributed by atoms with Gasteiger partial charge >= 0.3 is 0 Å². The van der Waals surface area contributed by atoms with E-state index in [0.717, 1.165) is 24.0 Å². The molecule has 0 saturated carbocycles. The Morgan fingerprint density at radius 2 is 2.00 bits per heavy atom. The molecule has 0 radical (unpaired) electrons. The fourth-order valence-electron chi connectivity index (χ4n) is 4.36. The molecule has 1 aromatic heterocycles. The molecule has 2 saturated heterocycles. The highest BCUT2D eigenvalue weighted by atomic mass is 16.2. The first-order valence-corrected chi connectivity index (χ1v) is 9.68. The minimum absolute atomic E-state index is 0.0211. The molecule has 1 aromatic carbocycles. The highest BCUT2D eigenvalue weighted by Gasteiger charge is 2.49. The van der Waals surface area contributed by atoms with Crippen molar-refractivity contribution in [1.82, 2.24) is 20.5 Å². The van der Waals surface area contributed by atoms with E-state index in [0.29, 0.717) is 17.7 Å². The Balaban J connectivity index is 1.55. The van der Waals surface area contributed by atoms with Gasteiger partial charge in [-0.3, -0.25) is 9.59 Å². The number of benzene rings is 1. The normalized spacial score (nSPS) is 25.8. The van der Waals surface area contributed by atoms with Crippen molar-refractivity contribution in [3.63, 3.8) is 0 Å². The lowest BCUT2D eigenvalue weighted by Gasteiger charge is -2.37. The second-order valence-electron chi connectivity index (χ2n) is 8.97. The molecule has 0 aliphatic carbocycles. The first-order chi connectivity index (χ1) is 12.8. The molecule has 4 atom stereocenters. The van der Waals surface area contributed by atoms with E-state index in [-0.39, 0.29) is 23.3 Å². The zero-order valence-electron chi connectivity index (χ0n) is 16.4. The number of carbonyl (C=O) groups excluding carboxylic acids is 2. The molecule has 2 amide bonds. The quantitative estimate of drug-likeness (QED) is 0.777. The van der Waals surface area contributed by atoms with E-state index in [1.165, 1.54) is 0 Å². The molecule has 144 valence electrons. The molecule has 0 spiro atoms. The highest BCUT2D eigenvalue weighted by Crippen LogP contribution is 2.32. The van der Waals surface area contributed by atoms with Gasteiger partial charge in [0.15, 0.2) is 0 Å². The number of piperazine rings is 1. The molecule has 4 rings (SSSR count). The van der Waals surface area contributed by atoms with Crippen LogP contribution in [0, 0.1) is 11.3 Å². The van der Waals surface area contributed by atoms with Crippen LogP contribution in [0.3, 0.4) is 0 Å². The average Bonchev–Trinajstić information content (AvgIpc) is 3.30. The number of aromatic amines is 1. The molecule has 3 N–H and O–H groups in total. The predicted molar refractivity (Wildman–Crippen MR) is 105 cm³/mol. The SMILES string of the molecule is C[C@@H]1[C@H]2CN[C@@H]1CN2C(=O)[C@@H](NC(=O)c1cc2ccccc2[nH]1)C(C)(C)C.